The SMILES string of the molecule is Nc1cc(C(F)(F)F)ccc1S(=O)(=O)CC1CCC1. The van der Waals surface area contributed by atoms with Crippen molar-refractivity contribution in [2.75, 3.05) is 11.5 Å². The number of rotatable bonds is 3. The zero-order valence-electron chi connectivity index (χ0n) is 10.1. The maximum atomic E-state index is 12.5. The summed E-state index contributed by atoms with van der Waals surface area (Å²) in [6.07, 6.45) is -1.83. The van der Waals surface area contributed by atoms with E-state index in [1.165, 1.54) is 0 Å². The van der Waals surface area contributed by atoms with E-state index >= 15 is 0 Å². The molecule has 2 N–H and O–H groups in total. The molecule has 0 aliphatic heterocycles. The average Bonchev–Trinajstić information content (AvgIpc) is 2.22. The molecule has 3 nitrogen and oxygen atoms in total. The van der Waals surface area contributed by atoms with E-state index in [1.54, 1.807) is 0 Å². The minimum absolute atomic E-state index is 0.0391. The number of hydrogen-bond donors (Lipinski definition) is 1. The average molecular weight is 293 g/mol. The van der Waals surface area contributed by atoms with E-state index in [-0.39, 0.29) is 22.3 Å². The maximum Gasteiger partial charge on any atom is 0.416 e. The summed E-state index contributed by atoms with van der Waals surface area (Å²) in [4.78, 5) is -0.201. The number of benzene rings is 1. The molecule has 1 aliphatic carbocycles. The Morgan fingerprint density at radius 3 is 2.32 bits per heavy atom. The van der Waals surface area contributed by atoms with E-state index in [1.807, 2.05) is 0 Å². The van der Waals surface area contributed by atoms with Crippen molar-refractivity contribution in [1.29, 1.82) is 0 Å². The second-order valence-corrected chi connectivity index (χ2v) is 6.83. The molecule has 0 atom stereocenters. The largest absolute Gasteiger partial charge is 0.416 e. The monoisotopic (exact) mass is 293 g/mol. The lowest BCUT2D eigenvalue weighted by Gasteiger charge is -2.25. The standard InChI is InChI=1S/C12H14F3NO2S/c13-12(14,15)9-4-5-11(10(16)6-9)19(17,18)7-8-2-1-3-8/h4-6,8H,1-3,7,16H2. The maximum absolute atomic E-state index is 12.5. The molecule has 7 heteroatoms. The molecule has 1 saturated carbocycles. The summed E-state index contributed by atoms with van der Waals surface area (Å²) in [5.41, 5.74) is 4.18. The highest BCUT2D eigenvalue weighted by molar-refractivity contribution is 7.91. The van der Waals surface area contributed by atoms with Gasteiger partial charge in [0.15, 0.2) is 9.84 Å². The summed E-state index contributed by atoms with van der Waals surface area (Å²) in [5, 5.41) is 0. The van der Waals surface area contributed by atoms with E-state index in [2.05, 4.69) is 0 Å². The van der Waals surface area contributed by atoms with Crippen molar-refractivity contribution in [3.63, 3.8) is 0 Å². The van der Waals surface area contributed by atoms with Crippen molar-refractivity contribution in [2.45, 2.75) is 30.3 Å². The quantitative estimate of drug-likeness (QED) is 0.872. The van der Waals surface area contributed by atoms with Gasteiger partial charge < -0.3 is 5.73 Å². The van der Waals surface area contributed by atoms with Gasteiger partial charge in [-0.15, -0.1) is 0 Å². The molecule has 0 saturated heterocycles. The Kier molecular flexibility index (Phi) is 3.51. The number of hydrogen-bond acceptors (Lipinski definition) is 3. The molecular weight excluding hydrogens is 279 g/mol. The Balaban J connectivity index is 2.30. The molecule has 0 spiro atoms. The van der Waals surface area contributed by atoms with Crippen molar-refractivity contribution < 1.29 is 21.6 Å². The van der Waals surface area contributed by atoms with Crippen LogP contribution in [0.15, 0.2) is 23.1 Å². The number of nitrogens with two attached hydrogens (primary N) is 1. The van der Waals surface area contributed by atoms with Crippen LogP contribution in [0.25, 0.3) is 0 Å². The van der Waals surface area contributed by atoms with Crippen molar-refractivity contribution in [2.24, 2.45) is 5.92 Å². The Morgan fingerprint density at radius 2 is 1.89 bits per heavy atom. The van der Waals surface area contributed by atoms with Crippen LogP contribution in [0, 0.1) is 5.92 Å². The van der Waals surface area contributed by atoms with Crippen LogP contribution in [-0.4, -0.2) is 14.2 Å². The van der Waals surface area contributed by atoms with Crippen LogP contribution in [0.1, 0.15) is 24.8 Å². The number of alkyl halides is 3. The Morgan fingerprint density at radius 1 is 1.26 bits per heavy atom. The van der Waals surface area contributed by atoms with Gasteiger partial charge in [0.05, 0.1) is 21.9 Å². The van der Waals surface area contributed by atoms with Crippen LogP contribution in [-0.2, 0) is 16.0 Å². The lowest BCUT2D eigenvalue weighted by Crippen LogP contribution is -2.23. The molecule has 2 rings (SSSR count). The number of anilines is 1. The van der Waals surface area contributed by atoms with Crippen LogP contribution in [0.2, 0.25) is 0 Å². The first kappa shape index (κ1) is 14.2. The third kappa shape index (κ3) is 3.02. The van der Waals surface area contributed by atoms with Crippen molar-refractivity contribution in [3.8, 4) is 0 Å². The van der Waals surface area contributed by atoms with Gasteiger partial charge in [-0.05, 0) is 37.0 Å². The minimum atomic E-state index is -4.52. The molecule has 0 heterocycles. The molecular formula is C12H14F3NO2S. The lowest BCUT2D eigenvalue weighted by atomic mass is 9.87. The molecule has 0 bridgehead atoms. The van der Waals surface area contributed by atoms with Gasteiger partial charge in [-0.3, -0.25) is 0 Å². The normalized spacial score (nSPS) is 17.2. The van der Waals surface area contributed by atoms with Gasteiger partial charge in [0, 0.05) is 0 Å². The van der Waals surface area contributed by atoms with Gasteiger partial charge in [-0.2, -0.15) is 13.2 Å². The van der Waals surface area contributed by atoms with Crippen LogP contribution < -0.4 is 5.73 Å². The van der Waals surface area contributed by atoms with Crippen molar-refractivity contribution in [3.05, 3.63) is 23.8 Å². The van der Waals surface area contributed by atoms with E-state index in [0.717, 1.165) is 31.4 Å². The molecule has 1 aromatic rings. The van der Waals surface area contributed by atoms with Crippen LogP contribution >= 0.6 is 0 Å². The molecule has 1 fully saturated rings. The van der Waals surface area contributed by atoms with E-state index in [4.69, 9.17) is 5.73 Å². The van der Waals surface area contributed by atoms with Crippen LogP contribution in [0.5, 0.6) is 0 Å². The Hall–Kier alpha value is -1.24. The van der Waals surface area contributed by atoms with E-state index in [9.17, 15) is 21.6 Å². The molecule has 0 radical (unpaired) electrons. The number of nitrogen functional groups attached to an aromatic ring is 1. The van der Waals surface area contributed by atoms with Crippen LogP contribution in [0.4, 0.5) is 18.9 Å². The fourth-order valence-corrected chi connectivity index (χ4v) is 3.89. The highest BCUT2D eigenvalue weighted by atomic mass is 32.2. The van der Waals surface area contributed by atoms with Crippen LogP contribution in [0.3, 0.4) is 0 Å². The highest BCUT2D eigenvalue weighted by Crippen LogP contribution is 2.34. The lowest BCUT2D eigenvalue weighted by molar-refractivity contribution is -0.137. The Labute approximate surface area is 109 Å². The topological polar surface area (TPSA) is 60.2 Å². The van der Waals surface area contributed by atoms with Gasteiger partial charge in [0.1, 0.15) is 0 Å². The van der Waals surface area contributed by atoms with Gasteiger partial charge in [0.25, 0.3) is 0 Å². The molecule has 106 valence electrons. The summed E-state index contributed by atoms with van der Waals surface area (Å²) < 4.78 is 61.5. The first-order valence-electron chi connectivity index (χ1n) is 5.89. The second kappa shape index (κ2) is 4.70. The first-order valence-corrected chi connectivity index (χ1v) is 7.55. The summed E-state index contributed by atoms with van der Waals surface area (Å²) in [7, 11) is -3.61. The predicted molar refractivity (Wildman–Crippen MR) is 65.3 cm³/mol. The van der Waals surface area contributed by atoms with Crippen molar-refractivity contribution >= 4 is 15.5 Å². The molecule has 0 aromatic heterocycles. The fraction of sp³-hybridized carbons (Fsp3) is 0.500. The fourth-order valence-electron chi connectivity index (χ4n) is 2.07. The summed E-state index contributed by atoms with van der Waals surface area (Å²) in [6.45, 7) is 0. The van der Waals surface area contributed by atoms with Gasteiger partial charge >= 0.3 is 6.18 Å². The molecule has 0 amide bonds. The number of halogens is 3. The van der Waals surface area contributed by atoms with Gasteiger partial charge in [0.2, 0.25) is 0 Å². The van der Waals surface area contributed by atoms with E-state index < -0.39 is 21.6 Å². The van der Waals surface area contributed by atoms with Crippen molar-refractivity contribution in [1.82, 2.24) is 0 Å². The predicted octanol–water partition coefficient (Wildman–Crippen LogP) is 2.86. The minimum Gasteiger partial charge on any atom is -0.398 e. The molecule has 1 aromatic carbocycles. The molecule has 1 aliphatic rings. The third-order valence-corrected chi connectivity index (χ3v) is 5.30. The molecule has 0 unspecified atom stereocenters. The summed E-state index contributed by atoms with van der Waals surface area (Å²) in [5.74, 6) is 0.0643. The summed E-state index contributed by atoms with van der Waals surface area (Å²) in [6, 6.07) is 2.38. The van der Waals surface area contributed by atoms with E-state index in [0.29, 0.717) is 6.07 Å². The zero-order valence-corrected chi connectivity index (χ0v) is 10.9. The second-order valence-electron chi connectivity index (χ2n) is 4.83. The smallest absolute Gasteiger partial charge is 0.398 e. The zero-order chi connectivity index (χ0) is 14.3. The van der Waals surface area contributed by atoms with Gasteiger partial charge in [-0.1, -0.05) is 6.42 Å². The third-order valence-electron chi connectivity index (χ3n) is 3.35. The number of sulfone groups is 1. The first-order chi connectivity index (χ1) is 8.70. The highest BCUT2D eigenvalue weighted by Gasteiger charge is 2.32. The summed E-state index contributed by atoms with van der Waals surface area (Å²) >= 11 is 0. The van der Waals surface area contributed by atoms with Gasteiger partial charge in [-0.25, -0.2) is 8.42 Å². The Bertz CT molecular complexity index is 577. The molecule has 19 heavy (non-hydrogen) atoms.